The van der Waals surface area contributed by atoms with Crippen LogP contribution in [0, 0.1) is 0 Å². The monoisotopic (exact) mass is 428 g/mol. The van der Waals surface area contributed by atoms with Gasteiger partial charge in [-0.25, -0.2) is 0 Å². The molecular weight excluding hydrogens is 392 g/mol. The Kier molecular flexibility index (Phi) is 22.0. The smallest absolute Gasteiger partial charge is 0.258 e. The number of carbonyl (C=O) groups excluding carboxylic acids is 1. The van der Waals surface area contributed by atoms with Gasteiger partial charge in [-0.05, 0) is 43.8 Å². The normalized spacial score (nSPS) is 11.6. The van der Waals surface area contributed by atoms with Gasteiger partial charge in [-0.3, -0.25) is 4.79 Å². The molecule has 0 unspecified atom stereocenters. The lowest BCUT2D eigenvalue weighted by molar-refractivity contribution is -0.116. The minimum atomic E-state index is -0.117. The van der Waals surface area contributed by atoms with Gasteiger partial charge >= 0.3 is 0 Å². The van der Waals surface area contributed by atoms with Crippen molar-refractivity contribution in [2.45, 2.75) is 40.5 Å². The zero-order chi connectivity index (χ0) is 23.0. The van der Waals surface area contributed by atoms with E-state index in [4.69, 9.17) is 4.74 Å². The summed E-state index contributed by atoms with van der Waals surface area (Å²) in [6, 6.07) is 0. The zero-order valence-corrected chi connectivity index (χ0v) is 19.6. The summed E-state index contributed by atoms with van der Waals surface area (Å²) in [6.07, 6.45) is 18.3. The molecule has 3 N–H and O–H groups in total. The number of nitrogens with two attached hydrogens (primary N) is 1. The lowest BCUT2D eigenvalue weighted by Crippen LogP contribution is -2.27. The standard InChI is InChI=1S/C20H23NO2S.C3H8.C2H5N/c1-4-6-7-8-9-12-17(3)23-16-15-21-20(22)19-14-10-13-18(24-19)11-5-2;1-3-2;1-2-3/h5-8,10-12,14H,3-4,15-16H2,1-2H3,(H,21,22);3H2,1-2H3;2H,1,3H2/b7-6-,11-5+;;. The van der Waals surface area contributed by atoms with E-state index < -0.39 is 0 Å². The number of hydrogen-bond acceptors (Lipinski definition) is 4. The maximum absolute atomic E-state index is 12.1. The highest BCUT2D eigenvalue weighted by Crippen LogP contribution is 2.28. The third-order valence-electron chi connectivity index (χ3n) is 2.71. The highest BCUT2D eigenvalue weighted by Gasteiger charge is 2.12. The van der Waals surface area contributed by atoms with E-state index in [1.54, 1.807) is 24.3 Å². The summed E-state index contributed by atoms with van der Waals surface area (Å²) in [6.45, 7) is 15.9. The molecule has 0 aliphatic carbocycles. The lowest BCUT2D eigenvalue weighted by Gasteiger charge is -2.10. The minimum Gasteiger partial charge on any atom is -0.492 e. The predicted octanol–water partition coefficient (Wildman–Crippen LogP) is 6.06. The Morgan fingerprint density at radius 3 is 2.67 bits per heavy atom. The van der Waals surface area contributed by atoms with Gasteiger partial charge in [0.2, 0.25) is 0 Å². The first-order valence-electron chi connectivity index (χ1n) is 9.98. The van der Waals surface area contributed by atoms with Crippen LogP contribution in [0.1, 0.15) is 40.5 Å². The Morgan fingerprint density at radius 2 is 2.07 bits per heavy atom. The molecule has 1 heterocycles. The van der Waals surface area contributed by atoms with Crippen LogP contribution in [0.4, 0.5) is 0 Å². The molecular formula is C25H36N2O2S. The van der Waals surface area contributed by atoms with Crippen LogP contribution in [0.2, 0.25) is 0 Å². The summed E-state index contributed by atoms with van der Waals surface area (Å²) in [5.74, 6) is 0.395. The summed E-state index contributed by atoms with van der Waals surface area (Å²) in [5.41, 5.74) is 10.6. The van der Waals surface area contributed by atoms with Crippen LogP contribution in [0.25, 0.3) is 0 Å². The van der Waals surface area contributed by atoms with Crippen LogP contribution < -0.4 is 11.1 Å². The third-order valence-corrected chi connectivity index (χ3v) is 3.72. The molecule has 0 aromatic carbocycles. The average molecular weight is 429 g/mol. The molecule has 5 heteroatoms. The van der Waals surface area contributed by atoms with E-state index in [1.165, 1.54) is 24.4 Å². The number of amides is 1. The molecule has 164 valence electrons. The molecule has 1 rings (SSSR count). The molecule has 0 bridgehead atoms. The van der Waals surface area contributed by atoms with Gasteiger partial charge in [-0.2, -0.15) is 0 Å². The number of ether oxygens (including phenoxy) is 1. The number of carbonyl (C=O) groups is 1. The van der Waals surface area contributed by atoms with E-state index in [1.807, 2.05) is 31.2 Å². The Labute approximate surface area is 187 Å². The SMILES string of the molecule is C=C(C=C=C/C=C\CC)OCCNC(=O)C1=CC=C=C(/C=C/C)S1.C=CN.CCC. The largest absolute Gasteiger partial charge is 0.492 e. The summed E-state index contributed by atoms with van der Waals surface area (Å²) in [4.78, 5) is 13.6. The molecule has 0 aromatic heterocycles. The summed E-state index contributed by atoms with van der Waals surface area (Å²) in [7, 11) is 0. The van der Waals surface area contributed by atoms with Crippen molar-refractivity contribution >= 4 is 17.7 Å². The van der Waals surface area contributed by atoms with E-state index in [9.17, 15) is 4.79 Å². The number of hydrogen-bond donors (Lipinski definition) is 2. The Morgan fingerprint density at radius 1 is 1.40 bits per heavy atom. The highest BCUT2D eigenvalue weighted by molar-refractivity contribution is 8.07. The van der Waals surface area contributed by atoms with Gasteiger partial charge in [0.25, 0.3) is 5.91 Å². The third kappa shape index (κ3) is 18.5. The fourth-order valence-electron chi connectivity index (χ4n) is 1.61. The molecule has 1 amide bonds. The van der Waals surface area contributed by atoms with Crippen LogP contribution in [0.3, 0.4) is 0 Å². The van der Waals surface area contributed by atoms with Crippen molar-refractivity contribution in [1.29, 1.82) is 0 Å². The van der Waals surface area contributed by atoms with Crippen LogP contribution in [-0.4, -0.2) is 19.1 Å². The second-order valence-electron chi connectivity index (χ2n) is 5.64. The van der Waals surface area contributed by atoms with Crippen LogP contribution in [0.15, 0.2) is 95.0 Å². The topological polar surface area (TPSA) is 64.3 Å². The molecule has 4 nitrogen and oxygen atoms in total. The molecule has 0 saturated heterocycles. The fraction of sp³-hybridized carbons (Fsp3) is 0.320. The van der Waals surface area contributed by atoms with Crippen molar-refractivity contribution in [3.63, 3.8) is 0 Å². The van der Waals surface area contributed by atoms with Crippen molar-refractivity contribution in [3.8, 4) is 0 Å². The minimum absolute atomic E-state index is 0.117. The first-order valence-corrected chi connectivity index (χ1v) is 10.8. The molecule has 0 radical (unpaired) electrons. The van der Waals surface area contributed by atoms with Gasteiger partial charge in [0.1, 0.15) is 12.4 Å². The van der Waals surface area contributed by atoms with Crippen LogP contribution in [-0.2, 0) is 9.53 Å². The van der Waals surface area contributed by atoms with Crippen molar-refractivity contribution in [3.05, 3.63) is 95.0 Å². The van der Waals surface area contributed by atoms with E-state index in [0.717, 1.165) is 11.3 Å². The van der Waals surface area contributed by atoms with Crippen molar-refractivity contribution in [1.82, 2.24) is 5.32 Å². The first-order chi connectivity index (χ1) is 14.5. The number of rotatable bonds is 9. The molecule has 0 spiro atoms. The van der Waals surface area contributed by atoms with Crippen LogP contribution >= 0.6 is 11.8 Å². The second-order valence-corrected chi connectivity index (χ2v) is 6.72. The van der Waals surface area contributed by atoms with Gasteiger partial charge in [-0.15, -0.1) is 11.5 Å². The highest BCUT2D eigenvalue weighted by atomic mass is 32.2. The molecule has 0 atom stereocenters. The number of nitrogens with one attached hydrogen (secondary N) is 1. The van der Waals surface area contributed by atoms with Gasteiger partial charge in [-0.1, -0.05) is 70.3 Å². The van der Waals surface area contributed by atoms with Crippen molar-refractivity contribution in [2.75, 3.05) is 13.2 Å². The van der Waals surface area contributed by atoms with Gasteiger partial charge < -0.3 is 15.8 Å². The molecule has 0 fully saturated rings. The van der Waals surface area contributed by atoms with Crippen molar-refractivity contribution in [2.24, 2.45) is 5.73 Å². The molecule has 1 aliphatic rings. The van der Waals surface area contributed by atoms with Gasteiger partial charge in [0.15, 0.2) is 0 Å². The maximum Gasteiger partial charge on any atom is 0.258 e. The molecule has 0 aromatic rings. The van der Waals surface area contributed by atoms with Gasteiger partial charge in [0.05, 0.1) is 16.4 Å². The fourth-order valence-corrected chi connectivity index (χ4v) is 2.48. The Balaban J connectivity index is 0. The van der Waals surface area contributed by atoms with Crippen molar-refractivity contribution < 1.29 is 9.53 Å². The predicted molar refractivity (Wildman–Crippen MR) is 133 cm³/mol. The summed E-state index contributed by atoms with van der Waals surface area (Å²) >= 11 is 1.40. The molecule has 0 saturated carbocycles. The number of thioether (sulfide) groups is 1. The maximum atomic E-state index is 12.1. The van der Waals surface area contributed by atoms with E-state index in [2.05, 4.69) is 56.4 Å². The second kappa shape index (κ2) is 22.4. The zero-order valence-electron chi connectivity index (χ0n) is 18.7. The summed E-state index contributed by atoms with van der Waals surface area (Å²) in [5, 5.41) is 2.82. The van der Waals surface area contributed by atoms with Gasteiger partial charge in [0, 0.05) is 6.08 Å². The first kappa shape index (κ1) is 29.4. The number of allylic oxidation sites excluding steroid dienone is 6. The van der Waals surface area contributed by atoms with Crippen LogP contribution in [0.5, 0.6) is 0 Å². The Hall–Kier alpha value is -2.84. The van der Waals surface area contributed by atoms with E-state index >= 15 is 0 Å². The van der Waals surface area contributed by atoms with E-state index in [0.29, 0.717) is 23.8 Å². The van der Waals surface area contributed by atoms with E-state index in [-0.39, 0.29) is 5.91 Å². The quantitative estimate of drug-likeness (QED) is 0.203. The molecule has 30 heavy (non-hydrogen) atoms. The lowest BCUT2D eigenvalue weighted by atomic mass is 10.4. The average Bonchev–Trinajstić information content (AvgIpc) is 2.72. The molecule has 1 aliphatic heterocycles. The summed E-state index contributed by atoms with van der Waals surface area (Å²) < 4.78 is 5.41. The Bertz CT molecular complexity index is 730.